The van der Waals surface area contributed by atoms with Crippen molar-refractivity contribution in [2.75, 3.05) is 24.4 Å². The molecule has 3 rings (SSSR count). The highest BCUT2D eigenvalue weighted by molar-refractivity contribution is 7.92. The molecule has 142 valence electrons. The smallest absolute Gasteiger partial charge is 0.264 e. The van der Waals surface area contributed by atoms with E-state index < -0.39 is 16.1 Å². The largest absolute Gasteiger partial charge is 0.353 e. The number of benzene rings is 2. The number of piperazine rings is 1. The van der Waals surface area contributed by atoms with Gasteiger partial charge in [-0.05, 0) is 43.3 Å². The van der Waals surface area contributed by atoms with E-state index in [1.54, 1.807) is 31.2 Å². The maximum Gasteiger partial charge on any atom is 0.264 e. The number of para-hydroxylation sites is 1. The zero-order valence-electron chi connectivity index (χ0n) is 15.1. The number of nitrogens with zero attached hydrogens (tertiary/aromatic N) is 2. The van der Waals surface area contributed by atoms with E-state index in [9.17, 15) is 18.0 Å². The van der Waals surface area contributed by atoms with Crippen molar-refractivity contribution in [3.8, 4) is 0 Å². The zero-order chi connectivity index (χ0) is 19.6. The number of carbonyl (C=O) groups is 2. The van der Waals surface area contributed by atoms with Gasteiger partial charge in [-0.3, -0.25) is 13.9 Å². The van der Waals surface area contributed by atoms with Gasteiger partial charge in [-0.1, -0.05) is 18.2 Å². The molecule has 1 unspecified atom stereocenters. The average Bonchev–Trinajstić information content (AvgIpc) is 2.69. The Labute approximate surface area is 158 Å². The Morgan fingerprint density at radius 3 is 2.37 bits per heavy atom. The topological polar surface area (TPSA) is 86.8 Å². The van der Waals surface area contributed by atoms with Crippen LogP contribution in [0.3, 0.4) is 0 Å². The molecule has 0 spiro atoms. The third-order valence-corrected chi connectivity index (χ3v) is 6.44. The number of anilines is 1. The summed E-state index contributed by atoms with van der Waals surface area (Å²) in [7, 11) is -2.25. The van der Waals surface area contributed by atoms with Gasteiger partial charge in [-0.2, -0.15) is 0 Å². The lowest BCUT2D eigenvalue weighted by molar-refractivity contribution is -0.127. The minimum absolute atomic E-state index is 0.0924. The number of hydrogen-bond donors (Lipinski definition) is 1. The Balaban J connectivity index is 1.82. The molecule has 0 saturated carbocycles. The standard InChI is InChI=1S/C19H21N3O4S/c1-14-18(23)20-12-13-22(14)19(24)15-8-10-17(11-9-15)27(25,26)21(2)16-6-4-3-5-7-16/h3-11,14H,12-13H2,1-2H3,(H,20,23). The van der Waals surface area contributed by atoms with Crippen LogP contribution in [-0.4, -0.2) is 51.3 Å². The summed E-state index contributed by atoms with van der Waals surface area (Å²) in [5, 5.41) is 2.71. The molecule has 0 aliphatic carbocycles. The van der Waals surface area contributed by atoms with Crippen molar-refractivity contribution in [1.29, 1.82) is 0 Å². The molecule has 1 aliphatic rings. The zero-order valence-corrected chi connectivity index (χ0v) is 15.9. The van der Waals surface area contributed by atoms with Crippen molar-refractivity contribution in [2.24, 2.45) is 0 Å². The van der Waals surface area contributed by atoms with Crippen molar-refractivity contribution >= 4 is 27.5 Å². The molecule has 0 bridgehead atoms. The van der Waals surface area contributed by atoms with Crippen LogP contribution in [-0.2, 0) is 14.8 Å². The summed E-state index contributed by atoms with van der Waals surface area (Å²) in [4.78, 5) is 26.0. The molecule has 1 saturated heterocycles. The first-order valence-corrected chi connectivity index (χ1v) is 9.99. The van der Waals surface area contributed by atoms with Gasteiger partial charge in [0.25, 0.3) is 15.9 Å². The third-order valence-electron chi connectivity index (χ3n) is 4.64. The summed E-state index contributed by atoms with van der Waals surface area (Å²) < 4.78 is 26.8. The summed E-state index contributed by atoms with van der Waals surface area (Å²) in [6, 6.07) is 14.0. The van der Waals surface area contributed by atoms with Gasteiger partial charge < -0.3 is 10.2 Å². The molecular weight excluding hydrogens is 366 g/mol. The first-order valence-electron chi connectivity index (χ1n) is 8.55. The van der Waals surface area contributed by atoms with Gasteiger partial charge >= 0.3 is 0 Å². The molecule has 0 radical (unpaired) electrons. The molecular formula is C19H21N3O4S. The van der Waals surface area contributed by atoms with Gasteiger partial charge in [0.1, 0.15) is 6.04 Å². The van der Waals surface area contributed by atoms with E-state index in [2.05, 4.69) is 5.32 Å². The predicted molar refractivity (Wildman–Crippen MR) is 102 cm³/mol. The molecule has 1 fully saturated rings. The van der Waals surface area contributed by atoms with Gasteiger partial charge in [0.15, 0.2) is 0 Å². The number of nitrogens with one attached hydrogen (secondary N) is 1. The molecule has 8 heteroatoms. The lowest BCUT2D eigenvalue weighted by atomic mass is 10.1. The highest BCUT2D eigenvalue weighted by Gasteiger charge is 2.30. The monoisotopic (exact) mass is 387 g/mol. The Bertz CT molecular complexity index is 943. The number of carbonyl (C=O) groups excluding carboxylic acids is 2. The second kappa shape index (κ2) is 7.40. The Morgan fingerprint density at radius 1 is 1.11 bits per heavy atom. The quantitative estimate of drug-likeness (QED) is 0.861. The van der Waals surface area contributed by atoms with Gasteiger partial charge in [0.05, 0.1) is 10.6 Å². The van der Waals surface area contributed by atoms with Gasteiger partial charge in [0, 0.05) is 25.7 Å². The molecule has 1 atom stereocenters. The lowest BCUT2D eigenvalue weighted by Gasteiger charge is -2.32. The van der Waals surface area contributed by atoms with Crippen LogP contribution < -0.4 is 9.62 Å². The SMILES string of the molecule is CC1C(=O)NCCN1C(=O)c1ccc(S(=O)(=O)N(C)c2ccccc2)cc1. The van der Waals surface area contributed by atoms with E-state index in [4.69, 9.17) is 0 Å². The van der Waals surface area contributed by atoms with Crippen LogP contribution in [0.4, 0.5) is 5.69 Å². The van der Waals surface area contributed by atoms with E-state index in [1.807, 2.05) is 6.07 Å². The molecule has 2 amide bonds. The number of rotatable bonds is 4. The Hall–Kier alpha value is -2.87. The van der Waals surface area contributed by atoms with E-state index in [0.29, 0.717) is 24.3 Å². The maximum absolute atomic E-state index is 12.8. The lowest BCUT2D eigenvalue weighted by Crippen LogP contribution is -2.55. The summed E-state index contributed by atoms with van der Waals surface area (Å²) in [6.07, 6.45) is 0. The van der Waals surface area contributed by atoms with Gasteiger partial charge in [0.2, 0.25) is 5.91 Å². The number of hydrogen-bond acceptors (Lipinski definition) is 4. The van der Waals surface area contributed by atoms with E-state index in [0.717, 1.165) is 0 Å². The van der Waals surface area contributed by atoms with E-state index in [1.165, 1.54) is 40.5 Å². The molecule has 0 aromatic heterocycles. The fourth-order valence-corrected chi connectivity index (χ4v) is 4.13. The van der Waals surface area contributed by atoms with E-state index in [-0.39, 0.29) is 16.7 Å². The fraction of sp³-hybridized carbons (Fsp3) is 0.263. The molecule has 27 heavy (non-hydrogen) atoms. The Kier molecular flexibility index (Phi) is 5.18. The molecule has 1 heterocycles. The second-order valence-corrected chi connectivity index (χ2v) is 8.27. The normalized spacial score (nSPS) is 17.3. The van der Waals surface area contributed by atoms with Crippen LogP contribution in [0.1, 0.15) is 17.3 Å². The van der Waals surface area contributed by atoms with E-state index >= 15 is 0 Å². The van der Waals surface area contributed by atoms with Crippen molar-refractivity contribution in [2.45, 2.75) is 17.9 Å². The predicted octanol–water partition coefficient (Wildman–Crippen LogP) is 1.47. The molecule has 7 nitrogen and oxygen atoms in total. The van der Waals surface area contributed by atoms with Crippen LogP contribution in [0, 0.1) is 0 Å². The minimum Gasteiger partial charge on any atom is -0.353 e. The minimum atomic E-state index is -3.73. The second-order valence-electron chi connectivity index (χ2n) is 6.30. The van der Waals surface area contributed by atoms with Crippen LogP contribution >= 0.6 is 0 Å². The summed E-state index contributed by atoms with van der Waals surface area (Å²) in [5.41, 5.74) is 0.892. The fourth-order valence-electron chi connectivity index (χ4n) is 2.93. The van der Waals surface area contributed by atoms with Crippen molar-refractivity contribution in [3.63, 3.8) is 0 Å². The molecule has 1 aliphatic heterocycles. The van der Waals surface area contributed by atoms with Gasteiger partial charge in [-0.15, -0.1) is 0 Å². The number of sulfonamides is 1. The Morgan fingerprint density at radius 2 is 1.74 bits per heavy atom. The summed E-state index contributed by atoms with van der Waals surface area (Å²) >= 11 is 0. The highest BCUT2D eigenvalue weighted by Crippen LogP contribution is 2.22. The maximum atomic E-state index is 12.8. The summed E-state index contributed by atoms with van der Waals surface area (Å²) in [6.45, 7) is 2.49. The van der Waals surface area contributed by atoms with Crippen LogP contribution in [0.2, 0.25) is 0 Å². The van der Waals surface area contributed by atoms with Crippen LogP contribution in [0.15, 0.2) is 59.5 Å². The third kappa shape index (κ3) is 3.66. The summed E-state index contributed by atoms with van der Waals surface area (Å²) in [5.74, 6) is -0.490. The first-order chi connectivity index (χ1) is 12.8. The van der Waals surface area contributed by atoms with Crippen molar-refractivity contribution < 1.29 is 18.0 Å². The molecule has 2 aromatic rings. The van der Waals surface area contributed by atoms with Crippen molar-refractivity contribution in [1.82, 2.24) is 10.2 Å². The first kappa shape index (κ1) is 18.9. The van der Waals surface area contributed by atoms with Crippen molar-refractivity contribution in [3.05, 3.63) is 60.2 Å². The number of amides is 2. The molecule has 2 aromatic carbocycles. The van der Waals surface area contributed by atoms with Crippen LogP contribution in [0.25, 0.3) is 0 Å². The highest BCUT2D eigenvalue weighted by atomic mass is 32.2. The average molecular weight is 387 g/mol. The molecule has 1 N–H and O–H groups in total. The van der Waals surface area contributed by atoms with Crippen LogP contribution in [0.5, 0.6) is 0 Å². The van der Waals surface area contributed by atoms with Gasteiger partial charge in [-0.25, -0.2) is 8.42 Å².